The summed E-state index contributed by atoms with van der Waals surface area (Å²) in [5.74, 6) is 0. The van der Waals surface area contributed by atoms with Crippen LogP contribution in [-0.4, -0.2) is 23.9 Å². The molecule has 2 heteroatoms. The van der Waals surface area contributed by atoms with Gasteiger partial charge in [0.2, 0.25) is 0 Å². The summed E-state index contributed by atoms with van der Waals surface area (Å²) < 4.78 is 5.17. The monoisotopic (exact) mass is 200 g/mol. The van der Waals surface area contributed by atoms with Crippen LogP contribution in [0.2, 0.25) is 0 Å². The zero-order valence-electron chi connectivity index (χ0n) is 9.59. The molecule has 1 saturated carbocycles. The van der Waals surface area contributed by atoms with Gasteiger partial charge in [-0.2, -0.15) is 0 Å². The first kappa shape index (κ1) is 12.0. The highest BCUT2D eigenvalue weighted by Crippen LogP contribution is 2.38. The molecule has 0 aliphatic heterocycles. The molecular formula is C12H24O2. The Morgan fingerprint density at radius 2 is 1.86 bits per heavy atom. The van der Waals surface area contributed by atoms with Gasteiger partial charge in [0.1, 0.15) is 0 Å². The second-order valence-electron chi connectivity index (χ2n) is 4.65. The summed E-state index contributed by atoms with van der Waals surface area (Å²) in [6, 6.07) is 0. The molecule has 0 radical (unpaired) electrons. The van der Waals surface area contributed by atoms with Crippen LogP contribution in [0.3, 0.4) is 0 Å². The molecular weight excluding hydrogens is 176 g/mol. The average Bonchev–Trinajstić information content (AvgIpc) is 2.13. The van der Waals surface area contributed by atoms with Gasteiger partial charge in [-0.15, -0.1) is 0 Å². The average molecular weight is 200 g/mol. The second kappa shape index (κ2) is 5.72. The Morgan fingerprint density at radius 3 is 2.43 bits per heavy atom. The fraction of sp³-hybridized carbons (Fsp3) is 1.00. The first-order valence-corrected chi connectivity index (χ1v) is 5.95. The van der Waals surface area contributed by atoms with Crippen molar-refractivity contribution in [1.29, 1.82) is 0 Å². The molecule has 1 N–H and O–H groups in total. The van der Waals surface area contributed by atoms with E-state index in [9.17, 15) is 5.11 Å². The maximum Gasteiger partial charge on any atom is 0.0697 e. The normalized spacial score (nSPS) is 31.5. The van der Waals surface area contributed by atoms with Gasteiger partial charge in [0.15, 0.2) is 0 Å². The summed E-state index contributed by atoms with van der Waals surface area (Å²) in [5.41, 5.74) is -0.382. The minimum atomic E-state index is -0.382. The molecule has 14 heavy (non-hydrogen) atoms. The van der Waals surface area contributed by atoms with Crippen LogP contribution < -0.4 is 0 Å². The summed E-state index contributed by atoms with van der Waals surface area (Å²) >= 11 is 0. The van der Waals surface area contributed by atoms with Crippen molar-refractivity contribution in [3.63, 3.8) is 0 Å². The molecule has 1 aliphatic rings. The summed E-state index contributed by atoms with van der Waals surface area (Å²) in [5, 5.41) is 9.99. The lowest BCUT2D eigenvalue weighted by atomic mass is 9.74. The van der Waals surface area contributed by atoms with E-state index in [4.69, 9.17) is 4.74 Å². The van der Waals surface area contributed by atoms with E-state index in [0.717, 1.165) is 19.3 Å². The minimum absolute atomic E-state index is 0.315. The number of aliphatic hydroxyl groups is 1. The third kappa shape index (κ3) is 3.58. The first-order valence-electron chi connectivity index (χ1n) is 5.95. The molecule has 1 aliphatic carbocycles. The van der Waals surface area contributed by atoms with Gasteiger partial charge in [-0.1, -0.05) is 39.0 Å². The number of hydrogen-bond donors (Lipinski definition) is 1. The molecule has 2 nitrogen and oxygen atoms in total. The Morgan fingerprint density at radius 1 is 1.21 bits per heavy atom. The number of ether oxygens (including phenoxy) is 1. The standard InChI is InChI=1S/C12H24O2/c1-3-4-5-6-7-8-12(13)9-11(10-12)14-2/h11,13H,3-10H2,1-2H3. The Labute approximate surface area is 87.7 Å². The maximum atomic E-state index is 9.99. The van der Waals surface area contributed by atoms with Crippen molar-refractivity contribution in [3.8, 4) is 0 Å². The van der Waals surface area contributed by atoms with Gasteiger partial charge in [-0.3, -0.25) is 0 Å². The lowest BCUT2D eigenvalue weighted by Crippen LogP contribution is -2.47. The van der Waals surface area contributed by atoms with E-state index in [1.807, 2.05) is 0 Å². The Balaban J connectivity index is 1.97. The quantitative estimate of drug-likeness (QED) is 0.640. The molecule has 0 unspecified atom stereocenters. The topological polar surface area (TPSA) is 29.5 Å². The van der Waals surface area contributed by atoms with Gasteiger partial charge in [0, 0.05) is 20.0 Å². The smallest absolute Gasteiger partial charge is 0.0697 e. The summed E-state index contributed by atoms with van der Waals surface area (Å²) in [6.07, 6.45) is 9.36. The van der Waals surface area contributed by atoms with Gasteiger partial charge in [-0.25, -0.2) is 0 Å². The lowest BCUT2D eigenvalue weighted by molar-refractivity contribution is -0.131. The third-order valence-electron chi connectivity index (χ3n) is 3.29. The number of rotatable bonds is 7. The van der Waals surface area contributed by atoms with Crippen molar-refractivity contribution < 1.29 is 9.84 Å². The van der Waals surface area contributed by atoms with Crippen LogP contribution in [0.4, 0.5) is 0 Å². The molecule has 1 rings (SSSR count). The van der Waals surface area contributed by atoms with Crippen LogP contribution in [0.5, 0.6) is 0 Å². The van der Waals surface area contributed by atoms with Gasteiger partial charge < -0.3 is 9.84 Å². The maximum absolute atomic E-state index is 9.99. The van der Waals surface area contributed by atoms with Crippen LogP contribution in [0, 0.1) is 0 Å². The lowest BCUT2D eigenvalue weighted by Gasteiger charge is -2.42. The van der Waals surface area contributed by atoms with Crippen LogP contribution in [0.25, 0.3) is 0 Å². The van der Waals surface area contributed by atoms with E-state index in [1.165, 1.54) is 32.1 Å². The fourth-order valence-corrected chi connectivity index (χ4v) is 2.22. The third-order valence-corrected chi connectivity index (χ3v) is 3.29. The van der Waals surface area contributed by atoms with Gasteiger partial charge >= 0.3 is 0 Å². The van der Waals surface area contributed by atoms with Crippen molar-refractivity contribution >= 4 is 0 Å². The molecule has 0 atom stereocenters. The van der Waals surface area contributed by atoms with Crippen molar-refractivity contribution in [1.82, 2.24) is 0 Å². The Kier molecular flexibility index (Phi) is 4.90. The van der Waals surface area contributed by atoms with Gasteiger partial charge in [0.25, 0.3) is 0 Å². The summed E-state index contributed by atoms with van der Waals surface area (Å²) in [4.78, 5) is 0. The molecule has 84 valence electrons. The molecule has 0 aromatic heterocycles. The van der Waals surface area contributed by atoms with Crippen molar-refractivity contribution in [2.45, 2.75) is 70.0 Å². The molecule has 0 spiro atoms. The number of methoxy groups -OCH3 is 1. The van der Waals surface area contributed by atoms with Crippen molar-refractivity contribution in [2.75, 3.05) is 7.11 Å². The van der Waals surface area contributed by atoms with E-state index < -0.39 is 0 Å². The molecule has 0 saturated heterocycles. The van der Waals surface area contributed by atoms with Crippen LogP contribution in [0.1, 0.15) is 58.3 Å². The Hall–Kier alpha value is -0.0800. The zero-order chi connectivity index (χ0) is 10.4. The van der Waals surface area contributed by atoms with Crippen LogP contribution in [0.15, 0.2) is 0 Å². The van der Waals surface area contributed by atoms with E-state index in [-0.39, 0.29) is 5.60 Å². The minimum Gasteiger partial charge on any atom is -0.390 e. The predicted molar refractivity (Wildman–Crippen MR) is 58.4 cm³/mol. The van der Waals surface area contributed by atoms with Crippen LogP contribution in [-0.2, 0) is 4.74 Å². The van der Waals surface area contributed by atoms with E-state index >= 15 is 0 Å². The molecule has 1 fully saturated rings. The molecule has 0 amide bonds. The highest BCUT2D eigenvalue weighted by atomic mass is 16.5. The second-order valence-corrected chi connectivity index (χ2v) is 4.65. The van der Waals surface area contributed by atoms with E-state index in [0.29, 0.717) is 6.10 Å². The summed E-state index contributed by atoms with van der Waals surface area (Å²) in [7, 11) is 1.73. The highest BCUT2D eigenvalue weighted by Gasteiger charge is 2.41. The SMILES string of the molecule is CCCCCCCC1(O)CC(OC)C1. The fourth-order valence-electron chi connectivity index (χ4n) is 2.22. The molecule has 0 aromatic rings. The zero-order valence-corrected chi connectivity index (χ0v) is 9.59. The number of unbranched alkanes of at least 4 members (excludes halogenated alkanes) is 4. The van der Waals surface area contributed by atoms with Gasteiger partial charge in [0.05, 0.1) is 11.7 Å². The predicted octanol–water partition coefficient (Wildman–Crippen LogP) is 2.89. The Bertz CT molecular complexity index is 150. The van der Waals surface area contributed by atoms with E-state index in [2.05, 4.69) is 6.92 Å². The van der Waals surface area contributed by atoms with Crippen LogP contribution >= 0.6 is 0 Å². The largest absolute Gasteiger partial charge is 0.390 e. The molecule has 0 bridgehead atoms. The van der Waals surface area contributed by atoms with Crippen molar-refractivity contribution in [3.05, 3.63) is 0 Å². The highest BCUT2D eigenvalue weighted by molar-refractivity contribution is 4.94. The molecule has 0 heterocycles. The summed E-state index contributed by atoms with van der Waals surface area (Å²) in [6.45, 7) is 2.22. The number of hydrogen-bond acceptors (Lipinski definition) is 2. The van der Waals surface area contributed by atoms with E-state index in [1.54, 1.807) is 7.11 Å². The first-order chi connectivity index (χ1) is 6.70. The van der Waals surface area contributed by atoms with Gasteiger partial charge in [-0.05, 0) is 6.42 Å². The molecule has 0 aromatic carbocycles. The van der Waals surface area contributed by atoms with Crippen molar-refractivity contribution in [2.24, 2.45) is 0 Å².